The van der Waals surface area contributed by atoms with Crippen molar-refractivity contribution in [3.63, 3.8) is 0 Å². The van der Waals surface area contributed by atoms with Crippen LogP contribution in [0.15, 0.2) is 33.3 Å². The molecular formula is C10H8N6OS. The zero-order valence-corrected chi connectivity index (χ0v) is 9.86. The molecule has 2 aromatic heterocycles. The van der Waals surface area contributed by atoms with Crippen molar-refractivity contribution in [3.05, 3.63) is 34.2 Å². The number of aromatic nitrogens is 3. The van der Waals surface area contributed by atoms with Gasteiger partial charge in [-0.15, -0.1) is 0 Å². The van der Waals surface area contributed by atoms with Crippen LogP contribution in [0.25, 0.3) is 0 Å². The first-order valence-corrected chi connectivity index (χ1v) is 5.60. The number of nitriles is 1. The van der Waals surface area contributed by atoms with E-state index in [4.69, 9.17) is 16.7 Å². The van der Waals surface area contributed by atoms with Gasteiger partial charge >= 0.3 is 0 Å². The van der Waals surface area contributed by atoms with Gasteiger partial charge in [-0.3, -0.25) is 4.79 Å². The van der Waals surface area contributed by atoms with Gasteiger partial charge in [0.05, 0.1) is 11.3 Å². The molecule has 8 heteroatoms. The van der Waals surface area contributed by atoms with Gasteiger partial charge in [0.15, 0.2) is 5.16 Å². The molecule has 0 spiro atoms. The maximum Gasteiger partial charge on any atom is 0.253 e. The fourth-order valence-electron chi connectivity index (χ4n) is 1.21. The zero-order valence-electron chi connectivity index (χ0n) is 9.04. The summed E-state index contributed by atoms with van der Waals surface area (Å²) in [5.74, 6) is 0.119. The minimum Gasteiger partial charge on any atom is -0.396 e. The molecular weight excluding hydrogens is 252 g/mol. The van der Waals surface area contributed by atoms with Crippen LogP contribution in [-0.4, -0.2) is 15.0 Å². The summed E-state index contributed by atoms with van der Waals surface area (Å²) < 4.78 is 0. The molecule has 2 rings (SSSR count). The number of anilines is 2. The monoisotopic (exact) mass is 260 g/mol. The van der Waals surface area contributed by atoms with Crippen molar-refractivity contribution >= 4 is 23.3 Å². The van der Waals surface area contributed by atoms with Gasteiger partial charge in [0, 0.05) is 12.3 Å². The number of nitrogens with two attached hydrogens (primary N) is 2. The topological polar surface area (TPSA) is 134 Å². The normalized spacial score (nSPS) is 9.94. The van der Waals surface area contributed by atoms with Gasteiger partial charge < -0.3 is 16.5 Å². The highest BCUT2D eigenvalue weighted by Gasteiger charge is 2.07. The van der Waals surface area contributed by atoms with Gasteiger partial charge in [0.2, 0.25) is 0 Å². The zero-order chi connectivity index (χ0) is 13.1. The van der Waals surface area contributed by atoms with E-state index in [-0.39, 0.29) is 11.4 Å². The number of nitrogen functional groups attached to an aromatic ring is 2. The second-order valence-corrected chi connectivity index (χ2v) is 4.29. The minimum absolute atomic E-state index is 0.119. The van der Waals surface area contributed by atoms with Gasteiger partial charge in [0.25, 0.3) is 5.56 Å². The van der Waals surface area contributed by atoms with Gasteiger partial charge in [0.1, 0.15) is 16.9 Å². The molecule has 0 bridgehead atoms. The van der Waals surface area contributed by atoms with Crippen LogP contribution < -0.4 is 17.0 Å². The lowest BCUT2D eigenvalue weighted by Gasteiger charge is -2.03. The summed E-state index contributed by atoms with van der Waals surface area (Å²) in [4.78, 5) is 21.7. The Bertz CT molecular complexity index is 689. The SMILES string of the molecule is N#Cc1cnc(Sc2nc(N)cc(=O)[nH]2)c(N)c1. The van der Waals surface area contributed by atoms with Crippen LogP contribution in [0.2, 0.25) is 0 Å². The number of rotatable bonds is 2. The van der Waals surface area contributed by atoms with Crippen molar-refractivity contribution in [1.29, 1.82) is 5.26 Å². The number of H-pyrrole nitrogens is 1. The second kappa shape index (κ2) is 4.77. The van der Waals surface area contributed by atoms with Crippen LogP contribution in [0.3, 0.4) is 0 Å². The molecule has 0 saturated carbocycles. The quantitative estimate of drug-likeness (QED) is 0.663. The lowest BCUT2D eigenvalue weighted by molar-refractivity contribution is 0.940. The summed E-state index contributed by atoms with van der Waals surface area (Å²) in [5.41, 5.74) is 11.5. The average Bonchev–Trinajstić information content (AvgIpc) is 2.30. The van der Waals surface area contributed by atoms with Crippen LogP contribution in [0.5, 0.6) is 0 Å². The molecule has 5 N–H and O–H groups in total. The number of pyridine rings is 1. The maximum absolute atomic E-state index is 11.2. The molecule has 90 valence electrons. The van der Waals surface area contributed by atoms with E-state index in [1.807, 2.05) is 6.07 Å². The lowest BCUT2D eigenvalue weighted by Crippen LogP contribution is -2.09. The van der Waals surface area contributed by atoms with Crippen LogP contribution in [0.4, 0.5) is 11.5 Å². The molecule has 0 radical (unpaired) electrons. The standard InChI is InChI=1S/C10H8N6OS/c11-3-5-1-6(12)9(14-4-5)18-10-15-7(13)2-8(17)16-10/h1-2,4H,12H2,(H3,13,15,16,17). The van der Waals surface area contributed by atoms with E-state index in [9.17, 15) is 4.79 Å². The molecule has 2 aromatic rings. The highest BCUT2D eigenvalue weighted by Crippen LogP contribution is 2.27. The van der Waals surface area contributed by atoms with Crippen LogP contribution in [0.1, 0.15) is 5.56 Å². The third-order valence-corrected chi connectivity index (χ3v) is 2.86. The number of aromatic amines is 1. The molecule has 0 aliphatic rings. The van der Waals surface area contributed by atoms with Crippen molar-refractivity contribution in [2.24, 2.45) is 0 Å². The summed E-state index contributed by atoms with van der Waals surface area (Å²) in [6.45, 7) is 0. The Morgan fingerprint density at radius 1 is 1.39 bits per heavy atom. The highest BCUT2D eigenvalue weighted by atomic mass is 32.2. The Hall–Kier alpha value is -2.53. The predicted octanol–water partition coefficient (Wildman–Crippen LogP) is 0.352. The molecule has 0 atom stereocenters. The molecule has 0 fully saturated rings. The molecule has 18 heavy (non-hydrogen) atoms. The first-order chi connectivity index (χ1) is 8.58. The van der Waals surface area contributed by atoms with Crippen LogP contribution >= 0.6 is 11.8 Å². The average molecular weight is 260 g/mol. The summed E-state index contributed by atoms with van der Waals surface area (Å²) >= 11 is 1.07. The van der Waals surface area contributed by atoms with Gasteiger partial charge in [-0.25, -0.2) is 9.97 Å². The highest BCUT2D eigenvalue weighted by molar-refractivity contribution is 7.99. The molecule has 0 aliphatic heterocycles. The van der Waals surface area contributed by atoms with Gasteiger partial charge in [-0.1, -0.05) is 0 Å². The number of nitrogens with one attached hydrogen (secondary N) is 1. The van der Waals surface area contributed by atoms with Crippen molar-refractivity contribution in [2.45, 2.75) is 10.2 Å². The van der Waals surface area contributed by atoms with Crippen molar-refractivity contribution in [2.75, 3.05) is 11.5 Å². The van der Waals surface area contributed by atoms with E-state index >= 15 is 0 Å². The predicted molar refractivity (Wildman–Crippen MR) is 66.8 cm³/mol. The van der Waals surface area contributed by atoms with Crippen LogP contribution in [0, 0.1) is 11.3 Å². The van der Waals surface area contributed by atoms with Crippen LogP contribution in [-0.2, 0) is 0 Å². The van der Waals surface area contributed by atoms with Crippen molar-refractivity contribution < 1.29 is 0 Å². The first kappa shape index (κ1) is 11.9. The molecule has 0 aliphatic carbocycles. The number of hydrogen-bond donors (Lipinski definition) is 3. The Balaban J connectivity index is 2.34. The Labute approximate surface area is 106 Å². The van der Waals surface area contributed by atoms with Gasteiger partial charge in [-0.2, -0.15) is 5.26 Å². The minimum atomic E-state index is -0.350. The second-order valence-electron chi connectivity index (χ2n) is 3.31. The van der Waals surface area contributed by atoms with E-state index in [0.717, 1.165) is 11.8 Å². The molecule has 0 amide bonds. The Kier molecular flexibility index (Phi) is 3.16. The first-order valence-electron chi connectivity index (χ1n) is 4.79. The molecule has 7 nitrogen and oxygen atoms in total. The lowest BCUT2D eigenvalue weighted by atomic mass is 10.3. The molecule has 0 aromatic carbocycles. The van der Waals surface area contributed by atoms with E-state index < -0.39 is 0 Å². The molecule has 0 unspecified atom stereocenters. The van der Waals surface area contributed by atoms with Crippen molar-refractivity contribution in [1.82, 2.24) is 15.0 Å². The van der Waals surface area contributed by atoms with Crippen molar-refractivity contribution in [3.8, 4) is 6.07 Å². The number of hydrogen-bond acceptors (Lipinski definition) is 7. The third-order valence-electron chi connectivity index (χ3n) is 1.94. The summed E-state index contributed by atoms with van der Waals surface area (Å²) in [6, 6.07) is 4.61. The Morgan fingerprint density at radius 3 is 2.78 bits per heavy atom. The fraction of sp³-hybridized carbons (Fsp3) is 0. The summed E-state index contributed by atoms with van der Waals surface area (Å²) in [7, 11) is 0. The van der Waals surface area contributed by atoms with E-state index in [1.165, 1.54) is 18.3 Å². The molecule has 0 saturated heterocycles. The maximum atomic E-state index is 11.2. The smallest absolute Gasteiger partial charge is 0.253 e. The fourth-order valence-corrected chi connectivity index (χ4v) is 1.98. The van der Waals surface area contributed by atoms with E-state index in [0.29, 0.717) is 21.4 Å². The Morgan fingerprint density at radius 2 is 2.17 bits per heavy atom. The third kappa shape index (κ3) is 2.58. The summed E-state index contributed by atoms with van der Waals surface area (Å²) in [6.07, 6.45) is 1.39. The summed E-state index contributed by atoms with van der Waals surface area (Å²) in [5, 5.41) is 9.43. The van der Waals surface area contributed by atoms with E-state index in [1.54, 1.807) is 0 Å². The molecule has 2 heterocycles. The van der Waals surface area contributed by atoms with Gasteiger partial charge in [-0.05, 0) is 17.8 Å². The number of nitrogens with zero attached hydrogens (tertiary/aromatic N) is 3. The largest absolute Gasteiger partial charge is 0.396 e. The van der Waals surface area contributed by atoms with E-state index in [2.05, 4.69) is 15.0 Å².